The van der Waals surface area contributed by atoms with E-state index in [4.69, 9.17) is 4.74 Å². The van der Waals surface area contributed by atoms with Crippen LogP contribution in [0.5, 0.6) is 5.75 Å². The van der Waals surface area contributed by atoms with Crippen LogP contribution in [0.15, 0.2) is 76.7 Å². The van der Waals surface area contributed by atoms with E-state index in [0.717, 1.165) is 12.1 Å². The van der Waals surface area contributed by atoms with E-state index < -0.39 is 11.6 Å². The molecule has 4 aromatic rings. The molecule has 1 aromatic heterocycles. The third-order valence-electron chi connectivity index (χ3n) is 4.41. The van der Waals surface area contributed by atoms with E-state index in [0.29, 0.717) is 38.8 Å². The van der Waals surface area contributed by atoms with Crippen LogP contribution < -0.4 is 10.3 Å². The molecule has 29 heavy (non-hydrogen) atoms. The number of aromatic nitrogens is 2. The average Bonchev–Trinajstić information content (AvgIpc) is 2.74. The molecule has 0 fully saturated rings. The van der Waals surface area contributed by atoms with Gasteiger partial charge in [-0.15, -0.1) is 0 Å². The maximum Gasteiger partial charge on any atom is 0.266 e. The number of hydrogen-bond acceptors (Lipinski definition) is 4. The molecule has 0 amide bonds. The summed E-state index contributed by atoms with van der Waals surface area (Å²) < 4.78 is 33.5. The average molecular weight is 410 g/mol. The minimum atomic E-state index is -0.903. The van der Waals surface area contributed by atoms with Gasteiger partial charge >= 0.3 is 0 Å². The summed E-state index contributed by atoms with van der Waals surface area (Å²) in [5.74, 6) is -0.860. The molecule has 0 aliphatic carbocycles. The van der Waals surface area contributed by atoms with Crippen LogP contribution in [0, 0.1) is 11.6 Å². The van der Waals surface area contributed by atoms with Crippen molar-refractivity contribution in [3.63, 3.8) is 0 Å². The van der Waals surface area contributed by atoms with Gasteiger partial charge in [-0.25, -0.2) is 13.8 Å². The van der Waals surface area contributed by atoms with Crippen LogP contribution in [0.4, 0.5) is 8.78 Å². The van der Waals surface area contributed by atoms with Crippen LogP contribution >= 0.6 is 11.8 Å². The summed E-state index contributed by atoms with van der Waals surface area (Å²) in [6, 6.07) is 18.0. The highest BCUT2D eigenvalue weighted by Gasteiger charge is 2.14. The molecule has 0 aliphatic rings. The fraction of sp³-hybridized carbons (Fsp3) is 0.0909. The lowest BCUT2D eigenvalue weighted by Gasteiger charge is -2.14. The van der Waals surface area contributed by atoms with Gasteiger partial charge in [0.1, 0.15) is 5.75 Å². The lowest BCUT2D eigenvalue weighted by Crippen LogP contribution is -2.21. The molecule has 146 valence electrons. The predicted molar refractivity (Wildman–Crippen MR) is 110 cm³/mol. The molecule has 0 unspecified atom stereocenters. The number of fused-ring (bicyclic) bond motifs is 1. The predicted octanol–water partition coefficient (Wildman–Crippen LogP) is 4.96. The standard InChI is InChI=1S/C22H16F2N2O2S/c1-28-16-6-4-5-15(12-16)26-21(27)17-7-2-3-8-20(17)25-22(26)29-13-14-9-10-18(23)19(24)11-14/h2-12H,13H2,1H3. The molecule has 0 aliphatic heterocycles. The second-order valence-electron chi connectivity index (χ2n) is 6.29. The Balaban J connectivity index is 1.82. The molecule has 4 nitrogen and oxygen atoms in total. The Morgan fingerprint density at radius 3 is 2.62 bits per heavy atom. The van der Waals surface area contributed by atoms with Crippen LogP contribution in [-0.4, -0.2) is 16.7 Å². The molecule has 0 saturated heterocycles. The Labute approximate surface area is 169 Å². The van der Waals surface area contributed by atoms with Crippen molar-refractivity contribution in [3.8, 4) is 11.4 Å². The van der Waals surface area contributed by atoms with Crippen molar-refractivity contribution in [2.24, 2.45) is 0 Å². The summed E-state index contributed by atoms with van der Waals surface area (Å²) in [5, 5.41) is 0.944. The molecule has 0 N–H and O–H groups in total. The summed E-state index contributed by atoms with van der Waals surface area (Å²) in [6.45, 7) is 0. The number of methoxy groups -OCH3 is 1. The van der Waals surface area contributed by atoms with Gasteiger partial charge in [-0.3, -0.25) is 9.36 Å². The number of hydrogen-bond donors (Lipinski definition) is 0. The van der Waals surface area contributed by atoms with Crippen molar-refractivity contribution >= 4 is 22.7 Å². The monoisotopic (exact) mass is 410 g/mol. The van der Waals surface area contributed by atoms with E-state index in [1.54, 1.807) is 49.6 Å². The fourth-order valence-corrected chi connectivity index (χ4v) is 3.92. The first-order valence-electron chi connectivity index (χ1n) is 8.80. The van der Waals surface area contributed by atoms with Gasteiger partial charge in [-0.05, 0) is 42.0 Å². The highest BCUT2D eigenvalue weighted by molar-refractivity contribution is 7.98. The molecule has 7 heteroatoms. The maximum atomic E-state index is 13.5. The van der Waals surface area contributed by atoms with Crippen LogP contribution in [0.25, 0.3) is 16.6 Å². The zero-order chi connectivity index (χ0) is 20.4. The number of halogens is 2. The first kappa shape index (κ1) is 19.1. The molecule has 3 aromatic carbocycles. The molecular weight excluding hydrogens is 394 g/mol. The van der Waals surface area contributed by atoms with Gasteiger partial charge in [0.25, 0.3) is 5.56 Å². The molecule has 0 bridgehead atoms. The topological polar surface area (TPSA) is 44.1 Å². The number of rotatable bonds is 5. The number of para-hydroxylation sites is 1. The Kier molecular flexibility index (Phi) is 5.31. The Bertz CT molecular complexity index is 1260. The molecule has 4 rings (SSSR count). The van der Waals surface area contributed by atoms with E-state index in [2.05, 4.69) is 4.98 Å². The lowest BCUT2D eigenvalue weighted by atomic mass is 10.2. The first-order chi connectivity index (χ1) is 14.1. The summed E-state index contributed by atoms with van der Waals surface area (Å²) in [4.78, 5) is 17.9. The number of thioether (sulfide) groups is 1. The number of nitrogens with zero attached hydrogens (tertiary/aromatic N) is 2. The van der Waals surface area contributed by atoms with E-state index in [1.165, 1.54) is 22.4 Å². The van der Waals surface area contributed by atoms with Crippen molar-refractivity contribution in [2.45, 2.75) is 10.9 Å². The van der Waals surface area contributed by atoms with Crippen molar-refractivity contribution in [2.75, 3.05) is 7.11 Å². The molecule has 0 spiro atoms. The first-order valence-corrected chi connectivity index (χ1v) is 9.78. The largest absolute Gasteiger partial charge is 0.497 e. The second kappa shape index (κ2) is 8.05. The summed E-state index contributed by atoms with van der Waals surface area (Å²) in [5.41, 5.74) is 1.56. The SMILES string of the molecule is COc1cccc(-n2c(SCc3ccc(F)c(F)c3)nc3ccccc3c2=O)c1. The van der Waals surface area contributed by atoms with Gasteiger partial charge < -0.3 is 4.74 Å². The molecule has 0 saturated carbocycles. The van der Waals surface area contributed by atoms with E-state index in [9.17, 15) is 13.6 Å². The third-order valence-corrected chi connectivity index (χ3v) is 5.42. The van der Waals surface area contributed by atoms with Gasteiger partial charge in [0.2, 0.25) is 0 Å². The fourth-order valence-electron chi connectivity index (χ4n) is 2.96. The molecule has 1 heterocycles. The third kappa shape index (κ3) is 3.86. The summed E-state index contributed by atoms with van der Waals surface area (Å²) in [7, 11) is 1.55. The van der Waals surface area contributed by atoms with E-state index in [-0.39, 0.29) is 5.56 Å². The summed E-state index contributed by atoms with van der Waals surface area (Å²) >= 11 is 1.27. The highest BCUT2D eigenvalue weighted by Crippen LogP contribution is 2.26. The van der Waals surface area contributed by atoms with Crippen molar-refractivity contribution in [1.82, 2.24) is 9.55 Å². The van der Waals surface area contributed by atoms with E-state index in [1.807, 2.05) is 6.07 Å². The minimum Gasteiger partial charge on any atom is -0.497 e. The maximum absolute atomic E-state index is 13.5. The van der Waals surface area contributed by atoms with Crippen molar-refractivity contribution in [3.05, 3.63) is 94.3 Å². The normalized spacial score (nSPS) is 11.0. The van der Waals surface area contributed by atoms with Gasteiger partial charge in [0.15, 0.2) is 16.8 Å². The van der Waals surface area contributed by atoms with Crippen LogP contribution in [0.1, 0.15) is 5.56 Å². The number of ether oxygens (including phenoxy) is 1. The summed E-state index contributed by atoms with van der Waals surface area (Å²) in [6.07, 6.45) is 0. The zero-order valence-corrected chi connectivity index (χ0v) is 16.2. The van der Waals surface area contributed by atoms with E-state index >= 15 is 0 Å². The van der Waals surface area contributed by atoms with Gasteiger partial charge in [-0.1, -0.05) is 36.0 Å². The van der Waals surface area contributed by atoms with Crippen molar-refractivity contribution in [1.29, 1.82) is 0 Å². The van der Waals surface area contributed by atoms with Gasteiger partial charge in [-0.2, -0.15) is 0 Å². The zero-order valence-electron chi connectivity index (χ0n) is 15.4. The van der Waals surface area contributed by atoms with Crippen molar-refractivity contribution < 1.29 is 13.5 Å². The van der Waals surface area contributed by atoms with Crippen LogP contribution in [0.3, 0.4) is 0 Å². The Morgan fingerprint density at radius 2 is 1.83 bits per heavy atom. The van der Waals surface area contributed by atoms with Gasteiger partial charge in [0, 0.05) is 11.8 Å². The Hall–Kier alpha value is -3.19. The Morgan fingerprint density at radius 1 is 1.00 bits per heavy atom. The molecule has 0 radical (unpaired) electrons. The van der Waals surface area contributed by atoms with Crippen LogP contribution in [-0.2, 0) is 5.75 Å². The van der Waals surface area contributed by atoms with Gasteiger partial charge in [0.05, 0.1) is 23.7 Å². The molecular formula is C22H16F2N2O2S. The molecule has 0 atom stereocenters. The second-order valence-corrected chi connectivity index (χ2v) is 7.23. The van der Waals surface area contributed by atoms with Crippen LogP contribution in [0.2, 0.25) is 0 Å². The smallest absolute Gasteiger partial charge is 0.266 e. The highest BCUT2D eigenvalue weighted by atomic mass is 32.2. The quantitative estimate of drug-likeness (QED) is 0.344. The lowest BCUT2D eigenvalue weighted by molar-refractivity contribution is 0.414. The number of benzene rings is 3. The minimum absolute atomic E-state index is 0.211.